The molecular weight excluding hydrogens is 266 g/mol. The van der Waals surface area contributed by atoms with Crippen molar-refractivity contribution in [3.05, 3.63) is 35.9 Å². The van der Waals surface area contributed by atoms with Gasteiger partial charge >= 0.3 is 0 Å². The van der Waals surface area contributed by atoms with Crippen LogP contribution in [0.15, 0.2) is 30.3 Å². The van der Waals surface area contributed by atoms with Crippen LogP contribution in [0.4, 0.5) is 0 Å². The third kappa shape index (κ3) is 4.03. The van der Waals surface area contributed by atoms with Crippen molar-refractivity contribution < 1.29 is 9.90 Å². The molecule has 2 rings (SSSR count). The minimum absolute atomic E-state index is 0.0486. The number of rotatable bonds is 5. The second kappa shape index (κ2) is 7.02. The first-order valence-electron chi connectivity index (χ1n) is 7.43. The third-order valence-corrected chi connectivity index (χ3v) is 4.21. The van der Waals surface area contributed by atoms with E-state index in [9.17, 15) is 9.90 Å². The highest BCUT2D eigenvalue weighted by molar-refractivity contribution is 5.78. The maximum Gasteiger partial charge on any atom is 0.236 e. The Morgan fingerprint density at radius 1 is 1.24 bits per heavy atom. The monoisotopic (exact) mass is 291 g/mol. The number of aliphatic hydroxyl groups is 1. The van der Waals surface area contributed by atoms with E-state index in [-0.39, 0.29) is 19.1 Å². The molecule has 0 spiro atoms. The van der Waals surface area contributed by atoms with Crippen molar-refractivity contribution in [1.29, 1.82) is 0 Å². The molecule has 0 radical (unpaired) electrons. The fourth-order valence-electron chi connectivity index (χ4n) is 2.49. The van der Waals surface area contributed by atoms with E-state index in [4.69, 9.17) is 0 Å². The number of likely N-dealkylation sites (N-methyl/N-ethyl adjacent to an activating group) is 1. The van der Waals surface area contributed by atoms with Gasteiger partial charge in [0.1, 0.15) is 0 Å². The Labute approximate surface area is 126 Å². The average Bonchev–Trinajstić information content (AvgIpc) is 2.54. The van der Waals surface area contributed by atoms with Crippen LogP contribution >= 0.6 is 0 Å². The van der Waals surface area contributed by atoms with Gasteiger partial charge < -0.3 is 14.9 Å². The molecule has 1 amide bonds. The molecule has 0 aliphatic carbocycles. The van der Waals surface area contributed by atoms with Gasteiger partial charge in [0, 0.05) is 26.2 Å². The largest absolute Gasteiger partial charge is 0.394 e. The summed E-state index contributed by atoms with van der Waals surface area (Å²) >= 11 is 0. The molecule has 1 aromatic carbocycles. The van der Waals surface area contributed by atoms with Crippen molar-refractivity contribution in [1.82, 2.24) is 15.1 Å². The summed E-state index contributed by atoms with van der Waals surface area (Å²) in [5.41, 5.74) is 0.391. The van der Waals surface area contributed by atoms with Crippen molar-refractivity contribution in [2.24, 2.45) is 0 Å². The lowest BCUT2D eigenvalue weighted by Crippen LogP contribution is -2.52. The maximum absolute atomic E-state index is 12.3. The first-order chi connectivity index (χ1) is 10.0. The standard InChI is InChI=1S/C16H25N3O2/c1-16(13-20,14-6-4-3-5-7-14)17-12-15(21)19-10-8-18(2)9-11-19/h3-7,17,20H,8-13H2,1-2H3. The number of carbonyl (C=O) groups is 1. The highest BCUT2D eigenvalue weighted by Gasteiger charge is 2.27. The van der Waals surface area contributed by atoms with Crippen LogP contribution in [0.1, 0.15) is 12.5 Å². The number of nitrogens with one attached hydrogen (secondary N) is 1. The van der Waals surface area contributed by atoms with E-state index in [2.05, 4.69) is 17.3 Å². The smallest absolute Gasteiger partial charge is 0.236 e. The minimum atomic E-state index is -0.594. The zero-order chi connectivity index (χ0) is 15.3. The molecule has 1 saturated heterocycles. The van der Waals surface area contributed by atoms with Gasteiger partial charge in [-0.3, -0.25) is 10.1 Å². The zero-order valence-electron chi connectivity index (χ0n) is 12.9. The molecule has 116 valence electrons. The molecule has 1 aliphatic heterocycles. The Balaban J connectivity index is 1.92. The molecule has 0 aromatic heterocycles. The van der Waals surface area contributed by atoms with Crippen molar-refractivity contribution in [3.8, 4) is 0 Å². The molecule has 5 heteroatoms. The number of hydrogen-bond acceptors (Lipinski definition) is 4. The number of aliphatic hydroxyl groups excluding tert-OH is 1. The fraction of sp³-hybridized carbons (Fsp3) is 0.562. The Hall–Kier alpha value is -1.43. The third-order valence-electron chi connectivity index (χ3n) is 4.21. The topological polar surface area (TPSA) is 55.8 Å². The van der Waals surface area contributed by atoms with E-state index < -0.39 is 5.54 Å². The van der Waals surface area contributed by atoms with E-state index in [0.717, 1.165) is 31.7 Å². The first-order valence-corrected chi connectivity index (χ1v) is 7.43. The SMILES string of the molecule is CN1CCN(C(=O)CNC(C)(CO)c2ccccc2)CC1. The highest BCUT2D eigenvalue weighted by Crippen LogP contribution is 2.19. The van der Waals surface area contributed by atoms with Gasteiger partial charge in [-0.1, -0.05) is 30.3 Å². The van der Waals surface area contributed by atoms with Gasteiger partial charge in [-0.05, 0) is 19.5 Å². The second-order valence-electron chi connectivity index (χ2n) is 5.89. The Kier molecular flexibility index (Phi) is 5.33. The van der Waals surface area contributed by atoms with Gasteiger partial charge in [-0.2, -0.15) is 0 Å². The lowest BCUT2D eigenvalue weighted by molar-refractivity contribution is -0.132. The quantitative estimate of drug-likeness (QED) is 0.817. The van der Waals surface area contributed by atoms with E-state index in [1.165, 1.54) is 0 Å². The lowest BCUT2D eigenvalue weighted by atomic mass is 9.93. The normalized spacial score (nSPS) is 19.3. The fourth-order valence-corrected chi connectivity index (χ4v) is 2.49. The van der Waals surface area contributed by atoms with Crippen molar-refractivity contribution >= 4 is 5.91 Å². The highest BCUT2D eigenvalue weighted by atomic mass is 16.3. The van der Waals surface area contributed by atoms with Crippen LogP contribution in [-0.2, 0) is 10.3 Å². The van der Waals surface area contributed by atoms with Gasteiger partial charge in [0.15, 0.2) is 0 Å². The molecule has 5 nitrogen and oxygen atoms in total. The van der Waals surface area contributed by atoms with Gasteiger partial charge in [-0.15, -0.1) is 0 Å². The zero-order valence-corrected chi connectivity index (χ0v) is 12.9. The summed E-state index contributed by atoms with van der Waals surface area (Å²) < 4.78 is 0. The summed E-state index contributed by atoms with van der Waals surface area (Å²) in [6.07, 6.45) is 0. The molecule has 0 saturated carbocycles. The van der Waals surface area contributed by atoms with Crippen LogP contribution in [0, 0.1) is 0 Å². The number of nitrogens with zero attached hydrogens (tertiary/aromatic N) is 2. The molecule has 1 heterocycles. The summed E-state index contributed by atoms with van der Waals surface area (Å²) in [6.45, 7) is 5.50. The number of piperazine rings is 1. The average molecular weight is 291 g/mol. The first kappa shape index (κ1) is 15.9. The Morgan fingerprint density at radius 2 is 1.86 bits per heavy atom. The second-order valence-corrected chi connectivity index (χ2v) is 5.89. The Bertz CT molecular complexity index is 458. The van der Waals surface area contributed by atoms with E-state index in [0.29, 0.717) is 0 Å². The minimum Gasteiger partial charge on any atom is -0.394 e. The summed E-state index contributed by atoms with van der Waals surface area (Å²) in [6, 6.07) is 9.74. The van der Waals surface area contributed by atoms with Crippen LogP contribution in [0.5, 0.6) is 0 Å². The van der Waals surface area contributed by atoms with Crippen molar-refractivity contribution in [2.45, 2.75) is 12.5 Å². The molecule has 1 fully saturated rings. The molecule has 1 atom stereocenters. The molecule has 1 unspecified atom stereocenters. The number of carbonyl (C=O) groups excluding carboxylic acids is 1. The number of hydrogen-bond donors (Lipinski definition) is 2. The van der Waals surface area contributed by atoms with Crippen molar-refractivity contribution in [2.75, 3.05) is 46.4 Å². The van der Waals surface area contributed by atoms with Gasteiger partial charge in [0.25, 0.3) is 0 Å². The number of amides is 1. The maximum atomic E-state index is 12.3. The van der Waals surface area contributed by atoms with Crippen LogP contribution in [0.25, 0.3) is 0 Å². The predicted molar refractivity (Wildman–Crippen MR) is 83.0 cm³/mol. The van der Waals surface area contributed by atoms with E-state index in [1.807, 2.05) is 42.2 Å². The molecule has 2 N–H and O–H groups in total. The van der Waals surface area contributed by atoms with Crippen molar-refractivity contribution in [3.63, 3.8) is 0 Å². The summed E-state index contributed by atoms with van der Waals surface area (Å²) in [7, 11) is 2.07. The molecule has 0 bridgehead atoms. The molecule has 21 heavy (non-hydrogen) atoms. The van der Waals surface area contributed by atoms with Gasteiger partial charge in [-0.25, -0.2) is 0 Å². The molecular formula is C16H25N3O2. The molecule has 1 aliphatic rings. The number of benzene rings is 1. The Morgan fingerprint density at radius 3 is 2.43 bits per heavy atom. The van der Waals surface area contributed by atoms with Crippen LogP contribution in [-0.4, -0.2) is 67.2 Å². The summed E-state index contributed by atoms with van der Waals surface area (Å²) in [5.74, 6) is 0.0960. The predicted octanol–water partition coefficient (Wildman–Crippen LogP) is 0.258. The van der Waals surface area contributed by atoms with E-state index >= 15 is 0 Å². The molecule has 1 aromatic rings. The van der Waals surface area contributed by atoms with Gasteiger partial charge in [0.05, 0.1) is 18.7 Å². The summed E-state index contributed by atoms with van der Waals surface area (Å²) in [4.78, 5) is 16.4. The lowest BCUT2D eigenvalue weighted by Gasteiger charge is -2.34. The van der Waals surface area contributed by atoms with Gasteiger partial charge in [0.2, 0.25) is 5.91 Å². The van der Waals surface area contributed by atoms with Crippen LogP contribution in [0.3, 0.4) is 0 Å². The van der Waals surface area contributed by atoms with Crippen LogP contribution in [0.2, 0.25) is 0 Å². The van der Waals surface area contributed by atoms with Crippen LogP contribution < -0.4 is 5.32 Å². The summed E-state index contributed by atoms with van der Waals surface area (Å²) in [5, 5.41) is 12.9. The van der Waals surface area contributed by atoms with E-state index in [1.54, 1.807) is 0 Å².